The molecule has 0 atom stereocenters. The Balaban J connectivity index is 2.48. The van der Waals surface area contributed by atoms with Crippen LogP contribution >= 0.6 is 0 Å². The summed E-state index contributed by atoms with van der Waals surface area (Å²) in [5, 5.41) is 0. The third-order valence-corrected chi connectivity index (χ3v) is 2.07. The zero-order valence-electron chi connectivity index (χ0n) is 8.24. The molecule has 0 saturated heterocycles. The van der Waals surface area contributed by atoms with Crippen LogP contribution in [0.15, 0.2) is 18.2 Å². The van der Waals surface area contributed by atoms with Gasteiger partial charge in [-0.15, -0.1) is 0 Å². The molecule has 0 aromatic heterocycles. The summed E-state index contributed by atoms with van der Waals surface area (Å²) in [6.45, 7) is 2.25. The summed E-state index contributed by atoms with van der Waals surface area (Å²) >= 11 is 0. The van der Waals surface area contributed by atoms with Gasteiger partial charge in [-0.2, -0.15) is 0 Å². The highest BCUT2D eigenvalue weighted by Gasteiger charge is 2.16. The lowest BCUT2D eigenvalue weighted by Gasteiger charge is -2.05. The zero-order valence-corrected chi connectivity index (χ0v) is 8.24. The fourth-order valence-corrected chi connectivity index (χ4v) is 1.43. The third kappa shape index (κ3) is 1.41. The van der Waals surface area contributed by atoms with Crippen molar-refractivity contribution in [1.29, 1.82) is 0 Å². The summed E-state index contributed by atoms with van der Waals surface area (Å²) in [7, 11) is 1.64. The Hall–Kier alpha value is -1.64. The van der Waals surface area contributed by atoms with Crippen molar-refractivity contribution in [3.05, 3.63) is 23.8 Å². The number of hydrogen-bond acceptors (Lipinski definition) is 3. The maximum Gasteiger partial charge on any atom is 0.231 e. The maximum atomic E-state index is 5.27. The highest BCUT2D eigenvalue weighted by molar-refractivity contribution is 5.63. The first-order valence-electron chi connectivity index (χ1n) is 4.45. The molecule has 14 heavy (non-hydrogen) atoms. The normalized spacial score (nSPS) is 13.6. The van der Waals surface area contributed by atoms with Gasteiger partial charge in [0, 0.05) is 11.6 Å². The topological polar surface area (TPSA) is 27.7 Å². The third-order valence-electron chi connectivity index (χ3n) is 2.07. The van der Waals surface area contributed by atoms with E-state index in [4.69, 9.17) is 14.2 Å². The quantitative estimate of drug-likeness (QED) is 0.720. The van der Waals surface area contributed by atoms with Gasteiger partial charge in [0.1, 0.15) is 5.75 Å². The number of rotatable bonds is 2. The van der Waals surface area contributed by atoms with Crippen molar-refractivity contribution in [2.24, 2.45) is 0 Å². The van der Waals surface area contributed by atoms with Crippen LogP contribution in [0, 0.1) is 0 Å². The molecule has 1 aliphatic rings. The standard InChI is InChI=1S/C11H12O3/c1-3-4-8-5-10-11(14-7-13-10)6-9(8)12-2/h3-6H,7H2,1-2H3/b4-3-. The molecule has 0 radical (unpaired) electrons. The van der Waals surface area contributed by atoms with Crippen molar-refractivity contribution in [2.45, 2.75) is 6.92 Å². The van der Waals surface area contributed by atoms with E-state index in [9.17, 15) is 0 Å². The zero-order chi connectivity index (χ0) is 9.97. The van der Waals surface area contributed by atoms with Crippen LogP contribution in [0.5, 0.6) is 17.2 Å². The van der Waals surface area contributed by atoms with E-state index in [1.807, 2.05) is 31.2 Å². The molecule has 1 aliphatic heterocycles. The van der Waals surface area contributed by atoms with E-state index in [0.29, 0.717) is 0 Å². The molecule has 1 aromatic carbocycles. The van der Waals surface area contributed by atoms with E-state index in [1.165, 1.54) is 0 Å². The van der Waals surface area contributed by atoms with Gasteiger partial charge in [-0.05, 0) is 13.0 Å². The minimum absolute atomic E-state index is 0.289. The highest BCUT2D eigenvalue weighted by atomic mass is 16.7. The fourth-order valence-electron chi connectivity index (χ4n) is 1.43. The molecular weight excluding hydrogens is 180 g/mol. The van der Waals surface area contributed by atoms with Crippen LogP contribution < -0.4 is 14.2 Å². The lowest BCUT2D eigenvalue weighted by atomic mass is 10.1. The molecule has 0 aliphatic carbocycles. The number of methoxy groups -OCH3 is 1. The summed E-state index contributed by atoms with van der Waals surface area (Å²) in [4.78, 5) is 0. The Labute approximate surface area is 82.9 Å². The Bertz CT molecular complexity index is 369. The van der Waals surface area contributed by atoms with Crippen LogP contribution in [-0.4, -0.2) is 13.9 Å². The molecule has 1 aromatic rings. The minimum atomic E-state index is 0.289. The van der Waals surface area contributed by atoms with Gasteiger partial charge in [0.15, 0.2) is 11.5 Å². The molecule has 3 nitrogen and oxygen atoms in total. The molecule has 0 spiro atoms. The minimum Gasteiger partial charge on any atom is -0.496 e. The number of allylic oxidation sites excluding steroid dienone is 1. The van der Waals surface area contributed by atoms with E-state index in [-0.39, 0.29) is 6.79 Å². The summed E-state index contributed by atoms with van der Waals surface area (Å²) in [6.07, 6.45) is 3.93. The molecular formula is C11H12O3. The van der Waals surface area contributed by atoms with Crippen LogP contribution in [0.1, 0.15) is 12.5 Å². The van der Waals surface area contributed by atoms with Crippen LogP contribution in [0.25, 0.3) is 6.08 Å². The average Bonchev–Trinajstić information content (AvgIpc) is 2.64. The van der Waals surface area contributed by atoms with Gasteiger partial charge in [0.05, 0.1) is 7.11 Å². The largest absolute Gasteiger partial charge is 0.496 e. The Morgan fingerprint density at radius 3 is 2.64 bits per heavy atom. The lowest BCUT2D eigenvalue weighted by Crippen LogP contribution is -1.92. The molecule has 0 saturated carbocycles. The van der Waals surface area contributed by atoms with Crippen molar-refractivity contribution in [2.75, 3.05) is 13.9 Å². The molecule has 0 N–H and O–H groups in total. The Morgan fingerprint density at radius 1 is 1.29 bits per heavy atom. The maximum absolute atomic E-state index is 5.27. The van der Waals surface area contributed by atoms with Crippen molar-refractivity contribution < 1.29 is 14.2 Å². The second kappa shape index (κ2) is 3.62. The summed E-state index contributed by atoms with van der Waals surface area (Å²) in [5.41, 5.74) is 0.999. The summed E-state index contributed by atoms with van der Waals surface area (Å²) in [5.74, 6) is 2.32. The molecule has 0 unspecified atom stereocenters. The SMILES string of the molecule is C/C=C\c1cc2c(cc1OC)OCO2. The van der Waals surface area contributed by atoms with Crippen molar-refractivity contribution in [3.8, 4) is 17.2 Å². The first kappa shape index (κ1) is 8.94. The van der Waals surface area contributed by atoms with E-state index in [1.54, 1.807) is 7.11 Å². The van der Waals surface area contributed by atoms with Crippen LogP contribution in [0.3, 0.4) is 0 Å². The molecule has 3 heteroatoms. The second-order valence-electron chi connectivity index (χ2n) is 2.95. The summed E-state index contributed by atoms with van der Waals surface area (Å²) < 4.78 is 15.8. The first-order valence-corrected chi connectivity index (χ1v) is 4.45. The lowest BCUT2D eigenvalue weighted by molar-refractivity contribution is 0.174. The number of benzene rings is 1. The summed E-state index contributed by atoms with van der Waals surface area (Å²) in [6, 6.07) is 3.76. The number of hydrogen-bond donors (Lipinski definition) is 0. The monoisotopic (exact) mass is 192 g/mol. The van der Waals surface area contributed by atoms with Gasteiger partial charge >= 0.3 is 0 Å². The molecule has 0 fully saturated rings. The predicted molar refractivity (Wildman–Crippen MR) is 53.8 cm³/mol. The Morgan fingerprint density at radius 2 is 2.00 bits per heavy atom. The molecule has 74 valence electrons. The van der Waals surface area contributed by atoms with E-state index < -0.39 is 0 Å². The first-order chi connectivity index (χ1) is 6.85. The van der Waals surface area contributed by atoms with E-state index in [0.717, 1.165) is 22.8 Å². The van der Waals surface area contributed by atoms with Gasteiger partial charge < -0.3 is 14.2 Å². The van der Waals surface area contributed by atoms with Gasteiger partial charge in [0.2, 0.25) is 6.79 Å². The molecule has 2 rings (SSSR count). The van der Waals surface area contributed by atoms with Crippen molar-refractivity contribution >= 4 is 6.08 Å². The van der Waals surface area contributed by atoms with Gasteiger partial charge in [-0.25, -0.2) is 0 Å². The van der Waals surface area contributed by atoms with Gasteiger partial charge in [0.25, 0.3) is 0 Å². The highest BCUT2D eigenvalue weighted by Crippen LogP contribution is 2.38. The van der Waals surface area contributed by atoms with E-state index >= 15 is 0 Å². The predicted octanol–water partition coefficient (Wildman–Crippen LogP) is 2.46. The molecule has 1 heterocycles. The second-order valence-corrected chi connectivity index (χ2v) is 2.95. The van der Waals surface area contributed by atoms with Crippen molar-refractivity contribution in [1.82, 2.24) is 0 Å². The van der Waals surface area contributed by atoms with Gasteiger partial charge in [-0.3, -0.25) is 0 Å². The van der Waals surface area contributed by atoms with Gasteiger partial charge in [-0.1, -0.05) is 12.2 Å². The molecule has 0 bridgehead atoms. The van der Waals surface area contributed by atoms with E-state index in [2.05, 4.69) is 0 Å². The van der Waals surface area contributed by atoms with Crippen molar-refractivity contribution in [3.63, 3.8) is 0 Å². The number of fused-ring (bicyclic) bond motifs is 1. The van der Waals surface area contributed by atoms with Crippen LogP contribution in [-0.2, 0) is 0 Å². The van der Waals surface area contributed by atoms with Crippen LogP contribution in [0.4, 0.5) is 0 Å². The fraction of sp³-hybridized carbons (Fsp3) is 0.273. The van der Waals surface area contributed by atoms with Crippen LogP contribution in [0.2, 0.25) is 0 Å². The smallest absolute Gasteiger partial charge is 0.231 e. The Kier molecular flexibility index (Phi) is 2.31. The average molecular weight is 192 g/mol. The molecule has 0 amide bonds. The number of ether oxygens (including phenoxy) is 3.